The molecular formula is C10H20INO. The van der Waals surface area contributed by atoms with Crippen molar-refractivity contribution < 1.29 is 4.74 Å². The Balaban J connectivity index is 2.95. The predicted octanol–water partition coefficient (Wildman–Crippen LogP) is 2.73. The van der Waals surface area contributed by atoms with Crippen LogP contribution in [0.5, 0.6) is 0 Å². The van der Waals surface area contributed by atoms with Crippen molar-refractivity contribution in [3.05, 3.63) is 12.3 Å². The maximum absolute atomic E-state index is 5.27. The molecule has 0 radical (unpaired) electrons. The van der Waals surface area contributed by atoms with Crippen molar-refractivity contribution >= 4 is 22.6 Å². The van der Waals surface area contributed by atoms with Gasteiger partial charge in [-0.15, -0.1) is 0 Å². The first-order chi connectivity index (χ1) is 6.41. The zero-order valence-corrected chi connectivity index (χ0v) is 10.5. The summed E-state index contributed by atoms with van der Waals surface area (Å²) in [4.78, 5) is 0. The summed E-state index contributed by atoms with van der Waals surface area (Å²) in [6, 6.07) is 0. The number of nitrogens with one attached hydrogen (secondary N) is 1. The van der Waals surface area contributed by atoms with Crippen LogP contribution < -0.4 is 5.32 Å². The van der Waals surface area contributed by atoms with Gasteiger partial charge in [0, 0.05) is 11.0 Å². The lowest BCUT2D eigenvalue weighted by Gasteiger charge is -1.99. The zero-order valence-electron chi connectivity index (χ0n) is 8.39. The van der Waals surface area contributed by atoms with Crippen molar-refractivity contribution in [2.24, 2.45) is 0 Å². The number of hydrogen-bond acceptors (Lipinski definition) is 2. The summed E-state index contributed by atoms with van der Waals surface area (Å²) >= 11 is 2.37. The van der Waals surface area contributed by atoms with Gasteiger partial charge in [0.05, 0.1) is 12.9 Å². The molecule has 0 fully saturated rings. The first-order valence-corrected chi connectivity index (χ1v) is 6.47. The van der Waals surface area contributed by atoms with E-state index in [1.165, 1.54) is 10.8 Å². The highest BCUT2D eigenvalue weighted by molar-refractivity contribution is 14.1. The van der Waals surface area contributed by atoms with E-state index < -0.39 is 0 Å². The van der Waals surface area contributed by atoms with E-state index in [-0.39, 0.29) is 0 Å². The number of rotatable bonds is 9. The molecule has 0 saturated carbocycles. The lowest BCUT2D eigenvalue weighted by molar-refractivity contribution is 0.242. The number of halogens is 1. The fraction of sp³-hybridized carbons (Fsp3) is 0.800. The molecule has 3 heteroatoms. The maximum atomic E-state index is 5.27. The van der Waals surface area contributed by atoms with Crippen molar-refractivity contribution in [2.45, 2.75) is 26.2 Å². The molecule has 0 spiro atoms. The van der Waals surface area contributed by atoms with Gasteiger partial charge < -0.3 is 10.1 Å². The highest BCUT2D eigenvalue weighted by atomic mass is 127. The summed E-state index contributed by atoms with van der Waals surface area (Å²) in [5.74, 6) is 0. The molecule has 1 N–H and O–H groups in total. The molecule has 0 aliphatic rings. The molecule has 78 valence electrons. The van der Waals surface area contributed by atoms with E-state index in [1.807, 2.05) is 6.26 Å². The summed E-state index contributed by atoms with van der Waals surface area (Å²) in [5.41, 5.74) is 0. The van der Waals surface area contributed by atoms with E-state index in [0.29, 0.717) is 0 Å². The van der Waals surface area contributed by atoms with Crippen LogP contribution in [0.3, 0.4) is 0 Å². The van der Waals surface area contributed by atoms with E-state index in [4.69, 9.17) is 4.74 Å². The molecule has 0 aliphatic heterocycles. The smallest absolute Gasteiger partial charge is 0.0873 e. The third-order valence-electron chi connectivity index (χ3n) is 1.57. The lowest BCUT2D eigenvalue weighted by Crippen LogP contribution is -2.16. The van der Waals surface area contributed by atoms with E-state index in [0.717, 1.165) is 32.5 Å². The van der Waals surface area contributed by atoms with E-state index in [2.05, 4.69) is 40.9 Å². The number of hydrogen-bond donors (Lipinski definition) is 1. The van der Waals surface area contributed by atoms with Crippen molar-refractivity contribution in [1.29, 1.82) is 0 Å². The fourth-order valence-corrected chi connectivity index (χ4v) is 1.19. The maximum Gasteiger partial charge on any atom is 0.0873 e. The molecule has 2 nitrogen and oxygen atoms in total. The van der Waals surface area contributed by atoms with Crippen LogP contribution in [0.4, 0.5) is 0 Å². The largest absolute Gasteiger partial charge is 0.502 e. The fourth-order valence-electron chi connectivity index (χ4n) is 0.809. The minimum Gasteiger partial charge on any atom is -0.502 e. The molecule has 0 unspecified atom stereocenters. The quantitative estimate of drug-likeness (QED) is 0.306. The topological polar surface area (TPSA) is 21.3 Å². The van der Waals surface area contributed by atoms with Crippen molar-refractivity contribution in [2.75, 3.05) is 24.1 Å². The molecule has 0 amide bonds. The minimum absolute atomic E-state index is 0.855. The van der Waals surface area contributed by atoms with Gasteiger partial charge in [0.15, 0.2) is 0 Å². The van der Waals surface area contributed by atoms with Gasteiger partial charge in [0.25, 0.3) is 0 Å². The second-order valence-corrected chi connectivity index (χ2v) is 3.90. The van der Waals surface area contributed by atoms with Crippen LogP contribution in [0.25, 0.3) is 0 Å². The lowest BCUT2D eigenvalue weighted by atomic mass is 10.4. The van der Waals surface area contributed by atoms with Gasteiger partial charge in [0.2, 0.25) is 0 Å². The van der Waals surface area contributed by atoms with Crippen LogP contribution in [0.1, 0.15) is 26.2 Å². The van der Waals surface area contributed by atoms with Crippen molar-refractivity contribution in [3.63, 3.8) is 0 Å². The average molecular weight is 297 g/mol. The third-order valence-corrected chi connectivity index (χ3v) is 2.11. The first kappa shape index (κ1) is 13.2. The second-order valence-electron chi connectivity index (χ2n) is 2.82. The summed E-state index contributed by atoms with van der Waals surface area (Å²) in [5, 5.41) is 3.32. The van der Waals surface area contributed by atoms with Gasteiger partial charge >= 0.3 is 0 Å². The Hall–Kier alpha value is 0.230. The first-order valence-electron chi connectivity index (χ1n) is 4.95. The number of alkyl halides is 1. The predicted molar refractivity (Wildman–Crippen MR) is 66.4 cm³/mol. The zero-order chi connectivity index (χ0) is 9.78. The van der Waals surface area contributed by atoms with Crippen molar-refractivity contribution in [3.8, 4) is 0 Å². The SMILES string of the molecule is CCCCO/C=C/CCNCCI. The molecule has 0 aromatic rings. The number of ether oxygens (including phenoxy) is 1. The van der Waals surface area contributed by atoms with E-state index >= 15 is 0 Å². The summed E-state index contributed by atoms with van der Waals surface area (Å²) in [7, 11) is 0. The van der Waals surface area contributed by atoms with Crippen LogP contribution >= 0.6 is 22.6 Å². The minimum atomic E-state index is 0.855. The Bertz CT molecular complexity index is 117. The van der Waals surface area contributed by atoms with Gasteiger partial charge in [-0.25, -0.2) is 0 Å². The van der Waals surface area contributed by atoms with Gasteiger partial charge in [0.1, 0.15) is 0 Å². The molecule has 13 heavy (non-hydrogen) atoms. The highest BCUT2D eigenvalue weighted by Gasteiger charge is 1.83. The Morgan fingerprint density at radius 2 is 2.23 bits per heavy atom. The molecule has 0 aromatic carbocycles. The van der Waals surface area contributed by atoms with Crippen LogP contribution in [0.2, 0.25) is 0 Å². The standard InChI is InChI=1S/C10H20INO/c1-2-3-9-13-10-5-4-7-12-8-6-11/h5,10,12H,2-4,6-9H2,1H3/b10-5+. The van der Waals surface area contributed by atoms with Crippen LogP contribution in [-0.2, 0) is 4.74 Å². The third kappa shape index (κ3) is 12.2. The van der Waals surface area contributed by atoms with Crippen LogP contribution in [0, 0.1) is 0 Å². The summed E-state index contributed by atoms with van der Waals surface area (Å²) in [6.07, 6.45) is 7.31. The Kier molecular flexibility index (Phi) is 12.4. The number of unbranched alkanes of at least 4 members (excludes halogenated alkanes) is 1. The summed E-state index contributed by atoms with van der Waals surface area (Å²) in [6.45, 7) is 5.18. The molecule has 0 bridgehead atoms. The molecular weight excluding hydrogens is 277 g/mol. The van der Waals surface area contributed by atoms with Crippen molar-refractivity contribution in [1.82, 2.24) is 5.32 Å². The van der Waals surface area contributed by atoms with Gasteiger partial charge in [-0.05, 0) is 25.5 Å². The normalized spacial score (nSPS) is 10.9. The van der Waals surface area contributed by atoms with E-state index in [9.17, 15) is 0 Å². The Morgan fingerprint density at radius 3 is 2.92 bits per heavy atom. The second kappa shape index (κ2) is 12.2. The molecule has 0 heterocycles. The van der Waals surface area contributed by atoms with Gasteiger partial charge in [-0.1, -0.05) is 35.9 Å². The van der Waals surface area contributed by atoms with Crippen LogP contribution in [-0.4, -0.2) is 24.1 Å². The van der Waals surface area contributed by atoms with Gasteiger partial charge in [-0.3, -0.25) is 0 Å². The Morgan fingerprint density at radius 1 is 1.38 bits per heavy atom. The monoisotopic (exact) mass is 297 g/mol. The van der Waals surface area contributed by atoms with Gasteiger partial charge in [-0.2, -0.15) is 0 Å². The van der Waals surface area contributed by atoms with E-state index in [1.54, 1.807) is 0 Å². The molecule has 0 rings (SSSR count). The molecule has 0 aliphatic carbocycles. The Labute approximate surface area is 95.3 Å². The highest BCUT2D eigenvalue weighted by Crippen LogP contribution is 1.89. The molecule has 0 saturated heterocycles. The molecule has 0 aromatic heterocycles. The molecule has 0 atom stereocenters. The summed E-state index contributed by atoms with van der Waals surface area (Å²) < 4.78 is 6.45. The average Bonchev–Trinajstić information content (AvgIpc) is 2.16. The van der Waals surface area contributed by atoms with Crippen LogP contribution in [0.15, 0.2) is 12.3 Å².